The van der Waals surface area contributed by atoms with Gasteiger partial charge in [-0.25, -0.2) is 0 Å². The summed E-state index contributed by atoms with van der Waals surface area (Å²) in [6, 6.07) is 0. The number of hydrogen-bond acceptors (Lipinski definition) is 3. The highest BCUT2D eigenvalue weighted by Crippen LogP contribution is 2.52. The van der Waals surface area contributed by atoms with Crippen molar-refractivity contribution in [3.63, 3.8) is 0 Å². The van der Waals surface area contributed by atoms with E-state index in [0.29, 0.717) is 0 Å². The molecule has 1 saturated heterocycles. The molecule has 3 amide bonds. The number of allylic oxidation sites excluding steroid dienone is 2. The lowest BCUT2D eigenvalue weighted by Crippen LogP contribution is -2.47. The minimum absolute atomic E-state index is 0.152. The predicted molar refractivity (Wildman–Crippen MR) is 58.4 cm³/mol. The third kappa shape index (κ3) is 1.35. The van der Waals surface area contributed by atoms with Crippen LogP contribution in [0, 0.1) is 23.7 Å². The zero-order valence-corrected chi connectivity index (χ0v) is 9.68. The molecule has 0 spiro atoms. The lowest BCUT2D eigenvalue weighted by molar-refractivity contribution is -0.149. The van der Waals surface area contributed by atoms with Gasteiger partial charge < -0.3 is 0 Å². The highest BCUT2D eigenvalue weighted by Gasteiger charge is 2.59. The van der Waals surface area contributed by atoms with Gasteiger partial charge in [-0.3, -0.25) is 19.8 Å². The summed E-state index contributed by atoms with van der Waals surface area (Å²) in [6.45, 7) is 0. The third-order valence-corrected chi connectivity index (χ3v) is 4.07. The molecule has 2 aliphatic carbocycles. The van der Waals surface area contributed by atoms with Gasteiger partial charge in [-0.2, -0.15) is 5.01 Å². The summed E-state index contributed by atoms with van der Waals surface area (Å²) < 4.78 is 0. The van der Waals surface area contributed by atoms with E-state index in [1.54, 1.807) is 0 Å². The van der Waals surface area contributed by atoms with E-state index in [-0.39, 0.29) is 41.4 Å². The smallest absolute Gasteiger partial charge is 0.253 e. The van der Waals surface area contributed by atoms with Crippen molar-refractivity contribution >= 4 is 29.3 Å². The second-order valence-corrected chi connectivity index (χ2v) is 4.95. The van der Waals surface area contributed by atoms with Gasteiger partial charge in [-0.05, 0) is 18.3 Å². The Kier molecular flexibility index (Phi) is 2.26. The van der Waals surface area contributed by atoms with Crippen LogP contribution in [0.4, 0.5) is 0 Å². The Morgan fingerprint density at radius 3 is 2.29 bits per heavy atom. The number of hydrazine groups is 1. The Balaban J connectivity index is 1.85. The number of carbonyl (C=O) groups excluding carboxylic acids is 3. The predicted octanol–water partition coefficient (Wildman–Crippen LogP) is 0.0635. The number of rotatable bonds is 2. The van der Waals surface area contributed by atoms with Gasteiger partial charge in [0.1, 0.15) is 5.88 Å². The van der Waals surface area contributed by atoms with Gasteiger partial charge in [0.15, 0.2) is 0 Å². The van der Waals surface area contributed by atoms with Gasteiger partial charge in [-0.1, -0.05) is 12.2 Å². The van der Waals surface area contributed by atoms with Crippen LogP contribution in [-0.2, 0) is 14.4 Å². The van der Waals surface area contributed by atoms with Crippen LogP contribution in [0.15, 0.2) is 12.2 Å². The van der Waals surface area contributed by atoms with Crippen LogP contribution < -0.4 is 5.43 Å². The summed E-state index contributed by atoms with van der Waals surface area (Å²) >= 11 is 5.34. The van der Waals surface area contributed by atoms with Crippen molar-refractivity contribution in [3.8, 4) is 0 Å². The van der Waals surface area contributed by atoms with Crippen LogP contribution in [0.25, 0.3) is 0 Å². The Labute approximate surface area is 103 Å². The van der Waals surface area contributed by atoms with E-state index in [1.165, 1.54) is 0 Å². The number of fused-ring (bicyclic) bond motifs is 5. The molecule has 1 heterocycles. The Bertz CT molecular complexity index is 418. The second kappa shape index (κ2) is 3.57. The maximum atomic E-state index is 12.1. The lowest BCUT2D eigenvalue weighted by Gasteiger charge is -2.16. The molecule has 2 fully saturated rings. The molecule has 0 aromatic carbocycles. The van der Waals surface area contributed by atoms with E-state index < -0.39 is 5.91 Å². The normalized spacial score (nSPS) is 37.8. The second-order valence-electron chi connectivity index (χ2n) is 4.68. The number of amides is 3. The summed E-state index contributed by atoms with van der Waals surface area (Å²) in [5.74, 6) is -1.66. The zero-order chi connectivity index (χ0) is 12.2. The van der Waals surface area contributed by atoms with Gasteiger partial charge in [0.2, 0.25) is 0 Å². The summed E-state index contributed by atoms with van der Waals surface area (Å²) in [5.41, 5.74) is 2.26. The maximum absolute atomic E-state index is 12.1. The van der Waals surface area contributed by atoms with Gasteiger partial charge in [-0.15, -0.1) is 11.6 Å². The van der Waals surface area contributed by atoms with E-state index in [2.05, 4.69) is 5.43 Å². The molecule has 3 rings (SSSR count). The molecule has 5 nitrogen and oxygen atoms in total. The lowest BCUT2D eigenvalue weighted by atomic mass is 9.85. The Morgan fingerprint density at radius 2 is 1.82 bits per heavy atom. The maximum Gasteiger partial charge on any atom is 0.253 e. The molecule has 90 valence electrons. The van der Waals surface area contributed by atoms with Crippen LogP contribution in [0.1, 0.15) is 6.42 Å². The Morgan fingerprint density at radius 1 is 1.29 bits per heavy atom. The van der Waals surface area contributed by atoms with Crippen molar-refractivity contribution in [2.75, 3.05) is 5.88 Å². The molecule has 3 aliphatic rings. The van der Waals surface area contributed by atoms with E-state index in [4.69, 9.17) is 11.6 Å². The summed E-state index contributed by atoms with van der Waals surface area (Å²) in [4.78, 5) is 35.3. The Hall–Kier alpha value is -1.36. The first-order valence-corrected chi connectivity index (χ1v) is 6.08. The van der Waals surface area contributed by atoms with Gasteiger partial charge in [0.25, 0.3) is 17.7 Å². The highest BCUT2D eigenvalue weighted by molar-refractivity contribution is 6.27. The summed E-state index contributed by atoms with van der Waals surface area (Å²) in [6.07, 6.45) is 4.89. The fourth-order valence-corrected chi connectivity index (χ4v) is 3.23. The summed E-state index contributed by atoms with van der Waals surface area (Å²) in [5, 5.41) is 0.853. The fraction of sp³-hybridized carbons (Fsp3) is 0.545. The van der Waals surface area contributed by atoms with Gasteiger partial charge in [0.05, 0.1) is 11.8 Å². The average molecular weight is 255 g/mol. The molecular weight excluding hydrogens is 244 g/mol. The first-order chi connectivity index (χ1) is 8.13. The molecule has 4 unspecified atom stereocenters. The molecule has 0 aromatic heterocycles. The molecule has 1 aliphatic heterocycles. The van der Waals surface area contributed by atoms with Crippen LogP contribution in [0.3, 0.4) is 0 Å². The highest BCUT2D eigenvalue weighted by atomic mass is 35.5. The van der Waals surface area contributed by atoms with Gasteiger partial charge >= 0.3 is 0 Å². The van der Waals surface area contributed by atoms with Crippen molar-refractivity contribution < 1.29 is 14.4 Å². The molecule has 17 heavy (non-hydrogen) atoms. The van der Waals surface area contributed by atoms with Crippen molar-refractivity contribution in [1.29, 1.82) is 0 Å². The number of carbonyl (C=O) groups is 3. The van der Waals surface area contributed by atoms with Gasteiger partial charge in [0, 0.05) is 0 Å². The van der Waals surface area contributed by atoms with Crippen LogP contribution in [0.2, 0.25) is 0 Å². The fourth-order valence-electron chi connectivity index (χ4n) is 3.17. The monoisotopic (exact) mass is 254 g/mol. The van der Waals surface area contributed by atoms with Crippen LogP contribution in [-0.4, -0.2) is 28.6 Å². The van der Waals surface area contributed by atoms with Crippen LogP contribution in [0.5, 0.6) is 0 Å². The van der Waals surface area contributed by atoms with E-state index in [9.17, 15) is 14.4 Å². The standard InChI is InChI=1S/C11H11ClN2O3/c12-4-7(15)13-14-10(16)8-5-1-2-6(3-5)9(8)11(14)17/h1-2,5-6,8-9H,3-4H2,(H,13,15). The number of nitrogens with one attached hydrogen (secondary N) is 1. The van der Waals surface area contributed by atoms with E-state index in [1.807, 2.05) is 12.2 Å². The molecule has 0 aromatic rings. The first kappa shape index (κ1) is 10.8. The third-order valence-electron chi connectivity index (χ3n) is 3.83. The molecule has 6 heteroatoms. The van der Waals surface area contributed by atoms with E-state index in [0.717, 1.165) is 11.4 Å². The van der Waals surface area contributed by atoms with Crippen molar-refractivity contribution in [3.05, 3.63) is 12.2 Å². The minimum Gasteiger partial charge on any atom is -0.272 e. The number of hydrogen-bond donors (Lipinski definition) is 1. The molecule has 2 bridgehead atoms. The SMILES string of the molecule is O=C(CCl)NN1C(=O)C2C3C=CC(C3)C2C1=O. The molecule has 4 atom stereocenters. The number of nitrogens with zero attached hydrogens (tertiary/aromatic N) is 1. The molecular formula is C11H11ClN2O3. The average Bonchev–Trinajstić information content (AvgIpc) is 2.98. The van der Waals surface area contributed by atoms with Crippen molar-refractivity contribution in [2.24, 2.45) is 23.7 Å². The quantitative estimate of drug-likeness (QED) is 0.431. The zero-order valence-electron chi connectivity index (χ0n) is 8.93. The largest absolute Gasteiger partial charge is 0.272 e. The van der Waals surface area contributed by atoms with E-state index >= 15 is 0 Å². The number of halogens is 1. The molecule has 1 N–H and O–H groups in total. The van der Waals surface area contributed by atoms with Crippen molar-refractivity contribution in [1.82, 2.24) is 10.4 Å². The molecule has 1 saturated carbocycles. The van der Waals surface area contributed by atoms with Crippen molar-refractivity contribution in [2.45, 2.75) is 6.42 Å². The number of alkyl halides is 1. The summed E-state index contributed by atoms with van der Waals surface area (Å²) in [7, 11) is 0. The molecule has 0 radical (unpaired) electrons. The van der Waals surface area contributed by atoms with Crippen LogP contribution >= 0.6 is 11.6 Å². The topological polar surface area (TPSA) is 66.5 Å². The number of imide groups is 1. The first-order valence-electron chi connectivity index (χ1n) is 5.55. The minimum atomic E-state index is -0.534.